The fraction of sp³-hybridized carbons (Fsp3) is 0.318. The molecule has 1 aromatic heterocycles. The summed E-state index contributed by atoms with van der Waals surface area (Å²) >= 11 is 0. The number of anilines is 1. The molecule has 28 heavy (non-hydrogen) atoms. The number of alkyl halides is 3. The molecule has 0 bridgehead atoms. The number of aromatic nitrogens is 1. The van der Waals surface area contributed by atoms with Gasteiger partial charge in [0.25, 0.3) is 0 Å². The Bertz CT molecular complexity index is 1030. The molecule has 1 heterocycles. The lowest BCUT2D eigenvalue weighted by Crippen LogP contribution is -2.37. The molecule has 1 aliphatic rings. The van der Waals surface area contributed by atoms with Crippen LogP contribution in [0.15, 0.2) is 48.5 Å². The topological polar surface area (TPSA) is 45.1 Å². The Labute approximate surface area is 161 Å². The summed E-state index contributed by atoms with van der Waals surface area (Å²) in [6.45, 7) is 3.61. The van der Waals surface area contributed by atoms with Crippen molar-refractivity contribution >= 4 is 16.6 Å². The molecule has 0 saturated heterocycles. The van der Waals surface area contributed by atoms with Crippen molar-refractivity contribution in [2.75, 3.05) is 5.32 Å². The van der Waals surface area contributed by atoms with Gasteiger partial charge in [-0.3, -0.25) is 4.98 Å². The molecule has 146 valence electrons. The summed E-state index contributed by atoms with van der Waals surface area (Å²) in [5.74, 6) is -1.88. The number of nitrogens with one attached hydrogen (secondary N) is 1. The molecule has 1 aliphatic carbocycles. The van der Waals surface area contributed by atoms with E-state index in [0.29, 0.717) is 16.8 Å². The molecule has 2 N–H and O–H groups in total. The molecule has 2 aromatic carbocycles. The van der Waals surface area contributed by atoms with Gasteiger partial charge in [-0.2, -0.15) is 13.2 Å². The Morgan fingerprint density at radius 1 is 1.07 bits per heavy atom. The Kier molecular flexibility index (Phi) is 4.44. The van der Waals surface area contributed by atoms with E-state index in [9.17, 15) is 18.3 Å². The number of halogens is 3. The number of aryl methyl sites for hydroxylation is 1. The number of rotatable bonds is 2. The standard InChI is InChI=1S/C22H21F3N2O/c1-12-11-16(22(23,24)25)21(15-5-3-8-19(28)20(12)15)27-18-7-4-6-17-14(18)10-9-13(2)26-17/h3-10,12,16,21,27-28H,11H2,1-2H3/t12-,16+,21?/m1/s1. The molecule has 0 fully saturated rings. The first-order valence-corrected chi connectivity index (χ1v) is 9.27. The van der Waals surface area contributed by atoms with Crippen LogP contribution in [-0.4, -0.2) is 16.3 Å². The summed E-state index contributed by atoms with van der Waals surface area (Å²) in [5.41, 5.74) is 3.27. The van der Waals surface area contributed by atoms with Crippen LogP contribution in [-0.2, 0) is 0 Å². The Hall–Kier alpha value is -2.76. The van der Waals surface area contributed by atoms with Crippen LogP contribution in [0.3, 0.4) is 0 Å². The molecule has 3 nitrogen and oxygen atoms in total. The normalized spacial score (nSPS) is 22.1. The lowest BCUT2D eigenvalue weighted by Gasteiger charge is -2.39. The summed E-state index contributed by atoms with van der Waals surface area (Å²) in [6.07, 6.45) is -4.43. The van der Waals surface area contributed by atoms with Gasteiger partial charge in [-0.05, 0) is 55.2 Å². The average Bonchev–Trinajstić information content (AvgIpc) is 2.62. The van der Waals surface area contributed by atoms with Gasteiger partial charge in [-0.15, -0.1) is 0 Å². The van der Waals surface area contributed by atoms with Crippen LogP contribution in [0.1, 0.15) is 42.1 Å². The Morgan fingerprint density at radius 3 is 2.57 bits per heavy atom. The number of phenols is 1. The first kappa shape index (κ1) is 18.6. The zero-order valence-corrected chi connectivity index (χ0v) is 15.6. The van der Waals surface area contributed by atoms with Crippen molar-refractivity contribution in [2.45, 2.75) is 38.4 Å². The molecular weight excluding hydrogens is 365 g/mol. The van der Waals surface area contributed by atoms with Gasteiger partial charge < -0.3 is 10.4 Å². The summed E-state index contributed by atoms with van der Waals surface area (Å²) < 4.78 is 41.7. The number of fused-ring (bicyclic) bond motifs is 2. The Balaban J connectivity index is 1.85. The number of hydrogen-bond donors (Lipinski definition) is 2. The zero-order valence-electron chi connectivity index (χ0n) is 15.6. The highest BCUT2D eigenvalue weighted by Crippen LogP contribution is 2.51. The highest BCUT2D eigenvalue weighted by molar-refractivity contribution is 5.91. The van der Waals surface area contributed by atoms with Crippen LogP contribution in [0.5, 0.6) is 5.75 Å². The fourth-order valence-corrected chi connectivity index (χ4v) is 4.28. The lowest BCUT2D eigenvalue weighted by molar-refractivity contribution is -0.183. The second-order valence-corrected chi connectivity index (χ2v) is 7.51. The summed E-state index contributed by atoms with van der Waals surface area (Å²) in [6, 6.07) is 12.9. The van der Waals surface area contributed by atoms with Gasteiger partial charge in [0.2, 0.25) is 0 Å². The maximum atomic E-state index is 13.9. The van der Waals surface area contributed by atoms with Gasteiger partial charge in [-0.1, -0.05) is 25.1 Å². The van der Waals surface area contributed by atoms with Crippen molar-refractivity contribution < 1.29 is 18.3 Å². The molecule has 3 atom stereocenters. The molecule has 3 aromatic rings. The van der Waals surface area contributed by atoms with Crippen LogP contribution in [0.25, 0.3) is 10.9 Å². The molecule has 1 unspecified atom stereocenters. The van der Waals surface area contributed by atoms with E-state index in [1.807, 2.05) is 25.1 Å². The highest BCUT2D eigenvalue weighted by atomic mass is 19.4. The van der Waals surface area contributed by atoms with Crippen LogP contribution < -0.4 is 5.32 Å². The maximum absolute atomic E-state index is 13.9. The maximum Gasteiger partial charge on any atom is 0.394 e. The fourth-order valence-electron chi connectivity index (χ4n) is 4.28. The molecule has 0 radical (unpaired) electrons. The van der Waals surface area contributed by atoms with Gasteiger partial charge in [0, 0.05) is 22.3 Å². The number of pyridine rings is 1. The van der Waals surface area contributed by atoms with Crippen LogP contribution in [0.2, 0.25) is 0 Å². The van der Waals surface area contributed by atoms with E-state index >= 15 is 0 Å². The monoisotopic (exact) mass is 386 g/mol. The second-order valence-electron chi connectivity index (χ2n) is 7.51. The van der Waals surface area contributed by atoms with Crippen LogP contribution in [0, 0.1) is 12.8 Å². The number of phenolic OH excluding ortho intramolecular Hbond substituents is 1. The van der Waals surface area contributed by atoms with Gasteiger partial charge in [-0.25, -0.2) is 0 Å². The minimum Gasteiger partial charge on any atom is -0.508 e. The van der Waals surface area contributed by atoms with Crippen molar-refractivity contribution in [1.29, 1.82) is 0 Å². The van der Waals surface area contributed by atoms with E-state index in [-0.39, 0.29) is 18.1 Å². The predicted molar refractivity (Wildman–Crippen MR) is 104 cm³/mol. The first-order valence-electron chi connectivity index (χ1n) is 9.27. The van der Waals surface area contributed by atoms with E-state index in [1.165, 1.54) is 6.07 Å². The van der Waals surface area contributed by atoms with Crippen molar-refractivity contribution in [1.82, 2.24) is 4.98 Å². The molecule has 0 amide bonds. The lowest BCUT2D eigenvalue weighted by atomic mass is 9.73. The van der Waals surface area contributed by atoms with E-state index in [2.05, 4.69) is 10.3 Å². The van der Waals surface area contributed by atoms with E-state index in [0.717, 1.165) is 16.6 Å². The summed E-state index contributed by atoms with van der Waals surface area (Å²) in [7, 11) is 0. The summed E-state index contributed by atoms with van der Waals surface area (Å²) in [4.78, 5) is 4.47. The van der Waals surface area contributed by atoms with Crippen molar-refractivity contribution in [3.8, 4) is 5.75 Å². The third kappa shape index (κ3) is 3.17. The van der Waals surface area contributed by atoms with Gasteiger partial charge in [0.1, 0.15) is 5.75 Å². The smallest absolute Gasteiger partial charge is 0.394 e. The van der Waals surface area contributed by atoms with Gasteiger partial charge >= 0.3 is 6.18 Å². The molecule has 0 aliphatic heterocycles. The number of hydrogen-bond acceptors (Lipinski definition) is 3. The molecule has 6 heteroatoms. The third-order valence-electron chi connectivity index (χ3n) is 5.56. The van der Waals surface area contributed by atoms with E-state index in [4.69, 9.17) is 0 Å². The molecule has 0 saturated carbocycles. The minimum atomic E-state index is -4.35. The molecule has 4 rings (SSSR count). The van der Waals surface area contributed by atoms with Gasteiger partial charge in [0.05, 0.1) is 17.5 Å². The van der Waals surface area contributed by atoms with E-state index in [1.54, 1.807) is 31.2 Å². The first-order chi connectivity index (χ1) is 13.3. The van der Waals surface area contributed by atoms with Crippen molar-refractivity contribution in [2.24, 2.45) is 5.92 Å². The number of benzene rings is 2. The van der Waals surface area contributed by atoms with Gasteiger partial charge in [0.15, 0.2) is 0 Å². The highest BCUT2D eigenvalue weighted by Gasteiger charge is 2.49. The molecular formula is C22H21F3N2O. The summed E-state index contributed by atoms with van der Waals surface area (Å²) in [5, 5.41) is 14.2. The Morgan fingerprint density at radius 2 is 1.82 bits per heavy atom. The third-order valence-corrected chi connectivity index (χ3v) is 5.56. The zero-order chi connectivity index (χ0) is 20.1. The largest absolute Gasteiger partial charge is 0.508 e. The predicted octanol–water partition coefficient (Wildman–Crippen LogP) is 6.09. The minimum absolute atomic E-state index is 0.0487. The van der Waals surface area contributed by atoms with Crippen LogP contribution in [0.4, 0.5) is 18.9 Å². The van der Waals surface area contributed by atoms with Crippen LogP contribution >= 0.6 is 0 Å². The molecule has 0 spiro atoms. The average molecular weight is 386 g/mol. The quantitative estimate of drug-likeness (QED) is 0.560. The van der Waals surface area contributed by atoms with Crippen molar-refractivity contribution in [3.63, 3.8) is 0 Å². The number of nitrogens with zero attached hydrogens (tertiary/aromatic N) is 1. The SMILES string of the molecule is Cc1ccc2c(NC3c4cccc(O)c4[C@H](C)C[C@@H]3C(F)(F)F)cccc2n1. The second kappa shape index (κ2) is 6.69. The number of aromatic hydroxyl groups is 1. The van der Waals surface area contributed by atoms with Crippen molar-refractivity contribution in [3.05, 3.63) is 65.4 Å². The van der Waals surface area contributed by atoms with E-state index < -0.39 is 18.1 Å².